The maximum Gasteiger partial charge on any atom is 0.337 e. The highest BCUT2D eigenvalue weighted by molar-refractivity contribution is 6.15. The van der Waals surface area contributed by atoms with Gasteiger partial charge in [-0.25, -0.2) is 4.79 Å². The Hall–Kier alpha value is -1.57. The second-order valence-corrected chi connectivity index (χ2v) is 2.79. The minimum Gasteiger partial charge on any atom is -0.465 e. The molecule has 0 unspecified atom stereocenters. The van der Waals surface area contributed by atoms with E-state index >= 15 is 0 Å². The van der Waals surface area contributed by atoms with Gasteiger partial charge in [0.1, 0.15) is 0 Å². The van der Waals surface area contributed by atoms with Crippen LogP contribution in [-0.4, -0.2) is 13.1 Å². The van der Waals surface area contributed by atoms with Gasteiger partial charge in [0.05, 0.1) is 12.7 Å². The van der Waals surface area contributed by atoms with E-state index in [0.717, 1.165) is 11.1 Å². The summed E-state index contributed by atoms with van der Waals surface area (Å²) in [5.74, 6) is -0.380. The summed E-state index contributed by atoms with van der Waals surface area (Å²) in [5.41, 5.74) is 2.27. The number of carbonyl (C=O) groups excluding carboxylic acids is 1. The Morgan fingerprint density at radius 3 is 2.54 bits per heavy atom. The summed E-state index contributed by atoms with van der Waals surface area (Å²) < 4.78 is 4.58. The average molecular weight is 176 g/mol. The molecule has 1 aromatic rings. The highest BCUT2D eigenvalue weighted by atomic mass is 16.5. The van der Waals surface area contributed by atoms with E-state index in [1.165, 1.54) is 7.11 Å². The molecule has 68 valence electrons. The van der Waals surface area contributed by atoms with Crippen LogP contribution < -0.4 is 0 Å². The lowest BCUT2D eigenvalue weighted by Crippen LogP contribution is -2.03. The monoisotopic (exact) mass is 176 g/mol. The number of esters is 1. The van der Waals surface area contributed by atoms with Gasteiger partial charge < -0.3 is 4.74 Å². The summed E-state index contributed by atoms with van der Waals surface area (Å²) in [5, 5.41) is 0. The molecule has 2 heteroatoms. The Balaban J connectivity index is 3.02. The van der Waals surface area contributed by atoms with Gasteiger partial charge in [0.15, 0.2) is 0 Å². The van der Waals surface area contributed by atoms with E-state index in [1.54, 1.807) is 0 Å². The second kappa shape index (κ2) is 3.90. The van der Waals surface area contributed by atoms with Gasteiger partial charge >= 0.3 is 5.97 Å². The topological polar surface area (TPSA) is 26.3 Å². The van der Waals surface area contributed by atoms with Crippen LogP contribution in [0.25, 0.3) is 5.57 Å². The number of carbonyl (C=O) groups is 1. The molecule has 0 N–H and O–H groups in total. The molecule has 0 aliphatic carbocycles. The van der Waals surface area contributed by atoms with Gasteiger partial charge in [-0.05, 0) is 18.1 Å². The standard InChI is InChI=1S/C11H12O2/c1-8-6-4-5-7-10(8)9(2)11(12)13-3/h4-7H,2H2,1,3H3. The third-order valence-electron chi connectivity index (χ3n) is 1.90. The Morgan fingerprint density at radius 1 is 1.38 bits per heavy atom. The van der Waals surface area contributed by atoms with Gasteiger partial charge in [-0.3, -0.25) is 0 Å². The van der Waals surface area contributed by atoms with E-state index in [2.05, 4.69) is 11.3 Å². The van der Waals surface area contributed by atoms with Crippen molar-refractivity contribution in [3.8, 4) is 0 Å². The number of hydrogen-bond donors (Lipinski definition) is 0. The normalized spacial score (nSPS) is 9.38. The SMILES string of the molecule is C=C(C(=O)OC)c1ccccc1C. The number of methoxy groups -OCH3 is 1. The summed E-state index contributed by atoms with van der Waals surface area (Å²) in [4.78, 5) is 11.1. The summed E-state index contributed by atoms with van der Waals surface area (Å²) in [6.45, 7) is 5.62. The van der Waals surface area contributed by atoms with E-state index in [1.807, 2.05) is 31.2 Å². The van der Waals surface area contributed by atoms with Crippen LogP contribution in [0.15, 0.2) is 30.8 Å². The molecule has 0 fully saturated rings. The van der Waals surface area contributed by atoms with Gasteiger partial charge in [-0.2, -0.15) is 0 Å². The lowest BCUT2D eigenvalue weighted by molar-refractivity contribution is -0.133. The number of rotatable bonds is 2. The molecule has 13 heavy (non-hydrogen) atoms. The average Bonchev–Trinajstić information content (AvgIpc) is 2.16. The highest BCUT2D eigenvalue weighted by Gasteiger charge is 2.10. The molecule has 0 saturated carbocycles. The highest BCUT2D eigenvalue weighted by Crippen LogP contribution is 2.17. The van der Waals surface area contributed by atoms with Crippen molar-refractivity contribution in [2.24, 2.45) is 0 Å². The maximum atomic E-state index is 11.1. The van der Waals surface area contributed by atoms with Gasteiger partial charge in [0.25, 0.3) is 0 Å². The minimum absolute atomic E-state index is 0.380. The summed E-state index contributed by atoms with van der Waals surface area (Å²) in [6, 6.07) is 7.58. The predicted octanol–water partition coefficient (Wildman–Crippen LogP) is 2.18. The van der Waals surface area contributed by atoms with Crippen molar-refractivity contribution in [3.63, 3.8) is 0 Å². The first-order valence-electron chi connectivity index (χ1n) is 4.00. The summed E-state index contributed by atoms with van der Waals surface area (Å²) >= 11 is 0. The molecule has 0 atom stereocenters. The number of benzene rings is 1. The largest absolute Gasteiger partial charge is 0.465 e. The molecule has 0 aliphatic rings. The first kappa shape index (κ1) is 9.52. The molecular weight excluding hydrogens is 164 g/mol. The fourth-order valence-corrected chi connectivity index (χ4v) is 1.14. The Morgan fingerprint density at radius 2 is 2.00 bits per heavy atom. The van der Waals surface area contributed by atoms with Crippen molar-refractivity contribution >= 4 is 11.5 Å². The Labute approximate surface area is 77.8 Å². The van der Waals surface area contributed by atoms with Crippen molar-refractivity contribution in [1.29, 1.82) is 0 Å². The number of ether oxygens (including phenoxy) is 1. The molecule has 0 aromatic heterocycles. The minimum atomic E-state index is -0.380. The second-order valence-electron chi connectivity index (χ2n) is 2.79. The van der Waals surface area contributed by atoms with Gasteiger partial charge in [0, 0.05) is 0 Å². The van der Waals surface area contributed by atoms with Crippen LogP contribution in [0.5, 0.6) is 0 Å². The first-order chi connectivity index (χ1) is 6.16. The molecule has 0 radical (unpaired) electrons. The van der Waals surface area contributed by atoms with Crippen LogP contribution in [0.2, 0.25) is 0 Å². The van der Waals surface area contributed by atoms with Crippen molar-refractivity contribution in [1.82, 2.24) is 0 Å². The molecule has 0 bridgehead atoms. The molecule has 0 spiro atoms. The smallest absolute Gasteiger partial charge is 0.337 e. The molecule has 0 saturated heterocycles. The first-order valence-corrected chi connectivity index (χ1v) is 4.00. The zero-order valence-electron chi connectivity index (χ0n) is 7.83. The number of hydrogen-bond acceptors (Lipinski definition) is 2. The third-order valence-corrected chi connectivity index (χ3v) is 1.90. The van der Waals surface area contributed by atoms with Crippen molar-refractivity contribution in [2.75, 3.05) is 7.11 Å². The van der Waals surface area contributed by atoms with Crippen LogP contribution in [0, 0.1) is 6.92 Å². The zero-order chi connectivity index (χ0) is 9.84. The van der Waals surface area contributed by atoms with Crippen molar-refractivity contribution in [2.45, 2.75) is 6.92 Å². The Kier molecular flexibility index (Phi) is 2.85. The fourth-order valence-electron chi connectivity index (χ4n) is 1.14. The molecule has 1 aromatic carbocycles. The number of aryl methyl sites for hydroxylation is 1. The zero-order valence-corrected chi connectivity index (χ0v) is 7.83. The molecule has 1 rings (SSSR count). The van der Waals surface area contributed by atoms with Crippen LogP contribution in [0.1, 0.15) is 11.1 Å². The van der Waals surface area contributed by atoms with E-state index in [-0.39, 0.29) is 5.97 Å². The van der Waals surface area contributed by atoms with Crippen LogP contribution >= 0.6 is 0 Å². The van der Waals surface area contributed by atoms with Gasteiger partial charge in [-0.1, -0.05) is 30.8 Å². The van der Waals surface area contributed by atoms with E-state index in [9.17, 15) is 4.79 Å². The summed E-state index contributed by atoms with van der Waals surface area (Å²) in [7, 11) is 1.35. The summed E-state index contributed by atoms with van der Waals surface area (Å²) in [6.07, 6.45) is 0. The third kappa shape index (κ3) is 1.96. The van der Waals surface area contributed by atoms with Crippen molar-refractivity contribution < 1.29 is 9.53 Å². The van der Waals surface area contributed by atoms with Gasteiger partial charge in [-0.15, -0.1) is 0 Å². The van der Waals surface area contributed by atoms with Crippen LogP contribution in [0.3, 0.4) is 0 Å². The Bertz CT molecular complexity index is 340. The van der Waals surface area contributed by atoms with Crippen LogP contribution in [0.4, 0.5) is 0 Å². The van der Waals surface area contributed by atoms with Crippen molar-refractivity contribution in [3.05, 3.63) is 42.0 Å². The van der Waals surface area contributed by atoms with E-state index in [4.69, 9.17) is 0 Å². The van der Waals surface area contributed by atoms with E-state index < -0.39 is 0 Å². The van der Waals surface area contributed by atoms with Crippen LogP contribution in [-0.2, 0) is 9.53 Å². The molecule has 0 aliphatic heterocycles. The molecule has 0 amide bonds. The fraction of sp³-hybridized carbons (Fsp3) is 0.182. The molecule has 0 heterocycles. The predicted molar refractivity (Wildman–Crippen MR) is 52.2 cm³/mol. The maximum absolute atomic E-state index is 11.1. The lowest BCUT2D eigenvalue weighted by Gasteiger charge is -2.06. The lowest BCUT2D eigenvalue weighted by atomic mass is 10.0. The molecular formula is C11H12O2. The van der Waals surface area contributed by atoms with E-state index in [0.29, 0.717) is 5.57 Å². The molecule has 2 nitrogen and oxygen atoms in total. The quantitative estimate of drug-likeness (QED) is 0.510. The van der Waals surface area contributed by atoms with Gasteiger partial charge in [0.2, 0.25) is 0 Å².